The molecule has 0 spiro atoms. The van der Waals surface area contributed by atoms with Gasteiger partial charge in [-0.2, -0.15) is 5.26 Å². The van der Waals surface area contributed by atoms with Crippen LogP contribution in [0.4, 0.5) is 15.8 Å². The van der Waals surface area contributed by atoms with Crippen molar-refractivity contribution in [3.8, 4) is 17.3 Å². The molecule has 7 rings (SSSR count). The molecule has 0 saturated carbocycles. The van der Waals surface area contributed by atoms with Crippen LogP contribution in [-0.4, -0.2) is 63.9 Å². The van der Waals surface area contributed by atoms with Gasteiger partial charge in [-0.15, -0.1) is 0 Å². The zero-order valence-corrected chi connectivity index (χ0v) is 24.8. The molecule has 9 nitrogen and oxygen atoms in total. The van der Waals surface area contributed by atoms with Crippen molar-refractivity contribution < 1.29 is 14.0 Å². The maximum Gasteiger partial charge on any atom is 0.251 e. The molecule has 3 aromatic heterocycles. The van der Waals surface area contributed by atoms with E-state index in [2.05, 4.69) is 21.0 Å². The Bertz CT molecular complexity index is 2080. The number of nitriles is 1. The summed E-state index contributed by atoms with van der Waals surface area (Å²) < 4.78 is 16.4. The van der Waals surface area contributed by atoms with Gasteiger partial charge in [-0.25, -0.2) is 4.39 Å². The van der Waals surface area contributed by atoms with Crippen LogP contribution in [0.2, 0.25) is 5.02 Å². The minimum Gasteiger partial charge on any atom is -0.354 e. The van der Waals surface area contributed by atoms with Crippen LogP contribution < -0.4 is 9.80 Å². The number of fused-ring (bicyclic) bond motifs is 6. The Morgan fingerprint density at radius 3 is 2.69 bits per heavy atom. The Morgan fingerprint density at radius 2 is 1.91 bits per heavy atom. The fourth-order valence-corrected chi connectivity index (χ4v) is 6.58. The van der Waals surface area contributed by atoms with Crippen LogP contribution in [0.5, 0.6) is 0 Å². The highest BCUT2D eigenvalue weighted by molar-refractivity contribution is 6.36. The van der Waals surface area contributed by atoms with E-state index >= 15 is 4.39 Å². The monoisotopic (exact) mass is 617 g/mol. The standard InChI is InChI=1S/C34H25ClFN7O2/c1-41-26-17-40-32-24(16-39-31(30(32)36)23-9-4-6-20-7-5-10-25(35)29(20)23)33(26)43-18-22(13-14-37)42(19-27(43)34(41)45)28(44)12-11-21-8-2-3-15-38-21/h2-12,15-17,22,27H,13,18-19H2,1H3. The summed E-state index contributed by atoms with van der Waals surface area (Å²) in [5.41, 5.74) is 2.45. The molecule has 0 radical (unpaired) electrons. The van der Waals surface area contributed by atoms with Crippen LogP contribution >= 0.6 is 11.6 Å². The molecule has 5 heterocycles. The average Bonchev–Trinajstić information content (AvgIpc) is 3.06. The van der Waals surface area contributed by atoms with Gasteiger partial charge in [0.25, 0.3) is 5.91 Å². The molecule has 0 bridgehead atoms. The molecule has 2 aromatic carbocycles. The normalized spacial score (nSPS) is 17.9. The van der Waals surface area contributed by atoms with Crippen molar-refractivity contribution in [2.24, 2.45) is 0 Å². The third-order valence-corrected chi connectivity index (χ3v) is 8.78. The number of halogens is 2. The summed E-state index contributed by atoms with van der Waals surface area (Å²) in [6.07, 6.45) is 7.76. The van der Waals surface area contributed by atoms with E-state index in [-0.39, 0.29) is 42.5 Å². The molecule has 2 atom stereocenters. The number of anilines is 2. The fourth-order valence-electron chi connectivity index (χ4n) is 6.29. The van der Waals surface area contributed by atoms with Crippen LogP contribution in [0.25, 0.3) is 39.0 Å². The fraction of sp³-hybridized carbons (Fsp3) is 0.176. The minimum absolute atomic E-state index is 0.0483. The summed E-state index contributed by atoms with van der Waals surface area (Å²) in [5, 5.41) is 12.1. The van der Waals surface area contributed by atoms with Crippen molar-refractivity contribution in [3.63, 3.8) is 0 Å². The number of hydrogen-bond acceptors (Lipinski definition) is 7. The molecule has 1 fully saturated rings. The Balaban J connectivity index is 1.31. The second-order valence-electron chi connectivity index (χ2n) is 11.0. The van der Waals surface area contributed by atoms with Crippen molar-refractivity contribution in [1.82, 2.24) is 19.9 Å². The number of piperazine rings is 1. The maximum atomic E-state index is 16.4. The Hall–Kier alpha value is -5.40. The van der Waals surface area contributed by atoms with Crippen LogP contribution in [-0.2, 0) is 9.59 Å². The summed E-state index contributed by atoms with van der Waals surface area (Å²) in [4.78, 5) is 45.2. The number of amides is 2. The van der Waals surface area contributed by atoms with Gasteiger partial charge >= 0.3 is 0 Å². The van der Waals surface area contributed by atoms with Crippen molar-refractivity contribution >= 4 is 62.5 Å². The lowest BCUT2D eigenvalue weighted by Gasteiger charge is -2.50. The van der Waals surface area contributed by atoms with Crippen molar-refractivity contribution in [2.45, 2.75) is 18.5 Å². The quantitative estimate of drug-likeness (QED) is 0.241. The highest BCUT2D eigenvalue weighted by atomic mass is 35.5. The first-order valence-corrected chi connectivity index (χ1v) is 14.7. The number of carbonyl (C=O) groups is 2. The first-order chi connectivity index (χ1) is 21.9. The second kappa shape index (κ2) is 11.3. The molecular weight excluding hydrogens is 593 g/mol. The summed E-state index contributed by atoms with van der Waals surface area (Å²) in [6.45, 7) is 0.238. The first-order valence-electron chi connectivity index (χ1n) is 14.3. The minimum atomic E-state index is -0.755. The number of nitrogens with zero attached hydrogens (tertiary/aromatic N) is 7. The molecule has 2 amide bonds. The van der Waals surface area contributed by atoms with Crippen LogP contribution in [0.3, 0.4) is 0 Å². The number of aromatic nitrogens is 3. The Labute approximate surface area is 262 Å². The number of pyridine rings is 3. The molecular formula is C34H25ClFN7O2. The predicted octanol–water partition coefficient (Wildman–Crippen LogP) is 5.63. The molecule has 222 valence electrons. The number of rotatable bonds is 4. The molecule has 2 unspecified atom stereocenters. The van der Waals surface area contributed by atoms with Gasteiger partial charge in [0.2, 0.25) is 5.91 Å². The van der Waals surface area contributed by atoms with Gasteiger partial charge in [-0.05, 0) is 29.7 Å². The summed E-state index contributed by atoms with van der Waals surface area (Å²) in [5.74, 6) is -1.17. The molecule has 0 aliphatic carbocycles. The van der Waals surface area contributed by atoms with Gasteiger partial charge in [-0.3, -0.25) is 24.5 Å². The molecule has 2 aliphatic heterocycles. The molecule has 0 N–H and O–H groups in total. The second-order valence-corrected chi connectivity index (χ2v) is 11.4. The summed E-state index contributed by atoms with van der Waals surface area (Å²) in [7, 11) is 1.64. The van der Waals surface area contributed by atoms with Crippen LogP contribution in [0, 0.1) is 17.1 Å². The average molecular weight is 618 g/mol. The van der Waals surface area contributed by atoms with Gasteiger partial charge in [0.05, 0.1) is 48.3 Å². The van der Waals surface area contributed by atoms with Crippen LogP contribution in [0.15, 0.2) is 79.3 Å². The number of likely N-dealkylation sites (N-methyl/N-ethyl adjacent to an activating group) is 1. The van der Waals surface area contributed by atoms with Crippen LogP contribution in [0.1, 0.15) is 12.1 Å². The lowest BCUT2D eigenvalue weighted by Crippen LogP contribution is -2.66. The smallest absolute Gasteiger partial charge is 0.251 e. The molecule has 5 aromatic rings. The zero-order valence-electron chi connectivity index (χ0n) is 24.1. The van der Waals surface area contributed by atoms with Crippen molar-refractivity contribution in [2.75, 3.05) is 29.9 Å². The van der Waals surface area contributed by atoms with Gasteiger partial charge in [0.1, 0.15) is 17.3 Å². The van der Waals surface area contributed by atoms with E-state index in [1.165, 1.54) is 17.2 Å². The van der Waals surface area contributed by atoms with Gasteiger partial charge in [0, 0.05) is 53.4 Å². The molecule has 11 heteroatoms. The topological polar surface area (TPSA) is 106 Å². The molecule has 45 heavy (non-hydrogen) atoms. The van der Waals surface area contributed by atoms with E-state index < -0.39 is 17.9 Å². The largest absolute Gasteiger partial charge is 0.354 e. The van der Waals surface area contributed by atoms with Gasteiger partial charge in [-0.1, -0.05) is 48.0 Å². The van der Waals surface area contributed by atoms with E-state index in [0.29, 0.717) is 38.4 Å². The Morgan fingerprint density at radius 1 is 1.09 bits per heavy atom. The predicted molar refractivity (Wildman–Crippen MR) is 171 cm³/mol. The number of carbonyl (C=O) groups excluding carboxylic acids is 2. The first kappa shape index (κ1) is 28.4. The summed E-state index contributed by atoms with van der Waals surface area (Å²) in [6, 6.07) is 17.3. The highest BCUT2D eigenvalue weighted by Gasteiger charge is 2.45. The molecule has 1 saturated heterocycles. The summed E-state index contributed by atoms with van der Waals surface area (Å²) >= 11 is 6.54. The van der Waals surface area contributed by atoms with E-state index in [1.807, 2.05) is 35.2 Å². The van der Waals surface area contributed by atoms with Crippen molar-refractivity contribution in [1.29, 1.82) is 5.26 Å². The van der Waals surface area contributed by atoms with Gasteiger partial charge < -0.3 is 14.7 Å². The van der Waals surface area contributed by atoms with Crippen molar-refractivity contribution in [3.05, 3.63) is 95.8 Å². The van der Waals surface area contributed by atoms with E-state index in [0.717, 1.165) is 5.39 Å². The lowest BCUT2D eigenvalue weighted by atomic mass is 9.96. The number of benzene rings is 2. The lowest BCUT2D eigenvalue weighted by molar-refractivity contribution is -0.131. The van der Waals surface area contributed by atoms with E-state index in [9.17, 15) is 14.9 Å². The third-order valence-electron chi connectivity index (χ3n) is 8.47. The van der Waals surface area contributed by atoms with E-state index in [4.69, 9.17) is 11.6 Å². The Kier molecular flexibility index (Phi) is 7.10. The zero-order chi connectivity index (χ0) is 31.2. The molecule has 2 aliphatic rings. The van der Waals surface area contributed by atoms with E-state index in [1.54, 1.807) is 54.7 Å². The highest BCUT2D eigenvalue weighted by Crippen LogP contribution is 2.44. The SMILES string of the molecule is CN1C(=O)C2CN(C(=O)C=Cc3ccccn3)C(CC#N)CN2c2c1cnc1c(F)c(-c3cccc4cccc(Cl)c34)ncc21. The maximum absolute atomic E-state index is 16.4. The van der Waals surface area contributed by atoms with Gasteiger partial charge in [0.15, 0.2) is 5.82 Å². The number of hydrogen-bond donors (Lipinski definition) is 0. The third kappa shape index (κ3) is 4.73.